The Balaban J connectivity index is 2.09. The first-order valence-corrected chi connectivity index (χ1v) is 6.62. The lowest BCUT2D eigenvalue weighted by Crippen LogP contribution is -2.25. The quantitative estimate of drug-likeness (QED) is 0.426. The predicted octanol–water partition coefficient (Wildman–Crippen LogP) is 2.35. The number of aromatic nitrogens is 2. The molecule has 0 aliphatic heterocycles. The fourth-order valence-electron chi connectivity index (χ4n) is 1.90. The summed E-state index contributed by atoms with van der Waals surface area (Å²) >= 11 is 0. The first-order chi connectivity index (χ1) is 9.52. The van der Waals surface area contributed by atoms with Crippen molar-refractivity contribution in [2.24, 2.45) is 0 Å². The Hall–Kier alpha value is -2.12. The van der Waals surface area contributed by atoms with Crippen molar-refractivity contribution in [3.63, 3.8) is 0 Å². The van der Waals surface area contributed by atoms with Crippen LogP contribution in [0.25, 0.3) is 0 Å². The first-order valence-electron chi connectivity index (χ1n) is 6.62. The van der Waals surface area contributed by atoms with Crippen LogP contribution in [0.4, 0.5) is 10.7 Å². The topological polar surface area (TPSA) is 102 Å². The number of rotatable bonds is 9. The Kier molecular flexibility index (Phi) is 6.48. The molecule has 1 aromatic rings. The zero-order valence-corrected chi connectivity index (χ0v) is 11.6. The minimum Gasteiger partial charge on any atom is -0.465 e. The highest BCUT2D eigenvalue weighted by Crippen LogP contribution is 2.11. The molecule has 0 bridgehead atoms. The Labute approximate surface area is 117 Å². The van der Waals surface area contributed by atoms with Crippen LogP contribution in [0.3, 0.4) is 0 Å². The van der Waals surface area contributed by atoms with Crippen LogP contribution in [0.5, 0.6) is 0 Å². The van der Waals surface area contributed by atoms with Crippen LogP contribution in [-0.2, 0) is 6.54 Å². The minimum absolute atomic E-state index is 0.118. The van der Waals surface area contributed by atoms with Crippen molar-refractivity contribution in [2.45, 2.75) is 38.6 Å². The highest BCUT2D eigenvalue weighted by Gasteiger charge is 2.12. The molecule has 0 aliphatic carbocycles. The molecule has 1 amide bonds. The summed E-state index contributed by atoms with van der Waals surface area (Å²) in [5.74, 6) is -0.118. The van der Waals surface area contributed by atoms with Crippen molar-refractivity contribution in [1.29, 1.82) is 0 Å². The number of hydrogen-bond donors (Lipinski definition) is 1. The van der Waals surface area contributed by atoms with Gasteiger partial charge in [-0.2, -0.15) is 0 Å². The van der Waals surface area contributed by atoms with Gasteiger partial charge in [-0.3, -0.25) is 0 Å². The molecule has 0 aromatic carbocycles. The number of nitro groups is 1. The first kappa shape index (κ1) is 15.9. The highest BCUT2D eigenvalue weighted by atomic mass is 16.6. The molecule has 0 saturated carbocycles. The van der Waals surface area contributed by atoms with E-state index in [0.29, 0.717) is 13.1 Å². The van der Waals surface area contributed by atoms with Gasteiger partial charge in [0.1, 0.15) is 12.4 Å². The Morgan fingerprint density at radius 2 is 2.05 bits per heavy atom. The molecule has 0 saturated heterocycles. The summed E-state index contributed by atoms with van der Waals surface area (Å²) in [5.41, 5.74) is 0. The molecular weight excluding hydrogens is 264 g/mol. The Bertz CT molecular complexity index is 446. The molecule has 1 heterocycles. The van der Waals surface area contributed by atoms with Crippen molar-refractivity contribution in [3.8, 4) is 0 Å². The van der Waals surface area contributed by atoms with E-state index in [1.807, 2.05) is 0 Å². The number of nitrogens with zero attached hydrogens (tertiary/aromatic N) is 4. The van der Waals surface area contributed by atoms with Gasteiger partial charge in [-0.15, -0.1) is 0 Å². The van der Waals surface area contributed by atoms with Crippen molar-refractivity contribution < 1.29 is 14.8 Å². The largest absolute Gasteiger partial charge is 0.465 e. The molecule has 0 atom stereocenters. The van der Waals surface area contributed by atoms with Gasteiger partial charge in [-0.1, -0.05) is 24.2 Å². The monoisotopic (exact) mass is 284 g/mol. The van der Waals surface area contributed by atoms with Crippen LogP contribution < -0.4 is 0 Å². The lowest BCUT2D eigenvalue weighted by molar-refractivity contribution is -0.396. The van der Waals surface area contributed by atoms with Crippen LogP contribution in [-0.4, -0.2) is 44.2 Å². The second kappa shape index (κ2) is 8.13. The van der Waals surface area contributed by atoms with Crippen LogP contribution in [0.15, 0.2) is 12.4 Å². The van der Waals surface area contributed by atoms with Gasteiger partial charge in [0.15, 0.2) is 0 Å². The van der Waals surface area contributed by atoms with Crippen LogP contribution in [0.2, 0.25) is 0 Å². The smallest absolute Gasteiger partial charge is 0.434 e. The lowest BCUT2D eigenvalue weighted by Gasteiger charge is -2.11. The van der Waals surface area contributed by atoms with E-state index < -0.39 is 11.0 Å². The van der Waals surface area contributed by atoms with E-state index in [1.165, 1.54) is 15.7 Å². The third-order valence-electron chi connectivity index (χ3n) is 3.08. The maximum absolute atomic E-state index is 10.6. The molecule has 0 spiro atoms. The Morgan fingerprint density at radius 3 is 2.70 bits per heavy atom. The summed E-state index contributed by atoms with van der Waals surface area (Å²) in [4.78, 5) is 25.7. The van der Waals surface area contributed by atoms with Crippen molar-refractivity contribution in [3.05, 3.63) is 22.5 Å². The summed E-state index contributed by atoms with van der Waals surface area (Å²) in [6.45, 7) is 1.13. The van der Waals surface area contributed by atoms with Crippen LogP contribution in [0.1, 0.15) is 32.1 Å². The van der Waals surface area contributed by atoms with Gasteiger partial charge >= 0.3 is 12.0 Å². The molecule has 1 N–H and O–H groups in total. The maximum Gasteiger partial charge on any atom is 0.434 e. The number of hydrogen-bond acceptors (Lipinski definition) is 4. The van der Waals surface area contributed by atoms with E-state index in [1.54, 1.807) is 13.2 Å². The van der Waals surface area contributed by atoms with Gasteiger partial charge in [0.25, 0.3) is 0 Å². The predicted molar refractivity (Wildman–Crippen MR) is 72.6 cm³/mol. The van der Waals surface area contributed by atoms with E-state index in [2.05, 4.69) is 4.98 Å². The molecule has 20 heavy (non-hydrogen) atoms. The number of amides is 1. The average molecular weight is 284 g/mol. The molecule has 8 nitrogen and oxygen atoms in total. The van der Waals surface area contributed by atoms with Gasteiger partial charge in [0.05, 0.1) is 6.54 Å². The summed E-state index contributed by atoms with van der Waals surface area (Å²) in [5, 5.41) is 19.3. The molecule has 0 unspecified atom stereocenters. The summed E-state index contributed by atoms with van der Waals surface area (Å²) < 4.78 is 1.54. The van der Waals surface area contributed by atoms with Gasteiger partial charge in [0.2, 0.25) is 0 Å². The molecule has 1 aromatic heterocycles. The molecule has 0 aliphatic rings. The minimum atomic E-state index is -0.905. The molecule has 8 heteroatoms. The van der Waals surface area contributed by atoms with Crippen molar-refractivity contribution in [1.82, 2.24) is 14.5 Å². The van der Waals surface area contributed by atoms with E-state index in [0.717, 1.165) is 32.1 Å². The number of carbonyl (C=O) groups is 1. The van der Waals surface area contributed by atoms with Crippen molar-refractivity contribution >= 4 is 12.0 Å². The van der Waals surface area contributed by atoms with E-state index in [-0.39, 0.29) is 5.95 Å². The summed E-state index contributed by atoms with van der Waals surface area (Å²) in [6, 6.07) is 0. The van der Waals surface area contributed by atoms with E-state index >= 15 is 0 Å². The fourth-order valence-corrected chi connectivity index (χ4v) is 1.90. The Morgan fingerprint density at radius 1 is 1.40 bits per heavy atom. The third kappa shape index (κ3) is 5.25. The fraction of sp³-hybridized carbons (Fsp3) is 0.667. The second-order valence-corrected chi connectivity index (χ2v) is 4.65. The zero-order chi connectivity index (χ0) is 15.0. The van der Waals surface area contributed by atoms with E-state index in [4.69, 9.17) is 5.11 Å². The van der Waals surface area contributed by atoms with Crippen LogP contribution in [0, 0.1) is 10.1 Å². The zero-order valence-electron chi connectivity index (χ0n) is 11.6. The number of unbranched alkanes of at least 4 members (excludes halogenated alkanes) is 4. The maximum atomic E-state index is 10.6. The average Bonchev–Trinajstić information content (AvgIpc) is 2.85. The number of aryl methyl sites for hydroxylation is 1. The van der Waals surface area contributed by atoms with Gasteiger partial charge in [-0.25, -0.2) is 9.36 Å². The summed E-state index contributed by atoms with van der Waals surface area (Å²) in [7, 11) is 1.56. The lowest BCUT2D eigenvalue weighted by atomic mass is 10.1. The van der Waals surface area contributed by atoms with E-state index in [9.17, 15) is 14.9 Å². The standard InChI is InChI=1S/C12H20N4O4/c1-14(12(17)18)8-5-3-2-4-6-9-15-10-7-13-11(15)16(19)20/h7,10H,2-6,8-9H2,1H3,(H,17,18). The molecule has 0 fully saturated rings. The van der Waals surface area contributed by atoms with Crippen LogP contribution >= 0.6 is 0 Å². The molecule has 1 rings (SSSR count). The summed E-state index contributed by atoms with van der Waals surface area (Å²) in [6.07, 6.45) is 6.75. The molecule has 112 valence electrons. The highest BCUT2D eigenvalue weighted by molar-refractivity contribution is 5.64. The molecular formula is C12H20N4O4. The van der Waals surface area contributed by atoms with Gasteiger partial charge < -0.3 is 20.1 Å². The SMILES string of the molecule is CN(CCCCCCCn1ccnc1[N+](=O)[O-])C(=O)O. The third-order valence-corrected chi connectivity index (χ3v) is 3.08. The van der Waals surface area contributed by atoms with Gasteiger partial charge in [-0.05, 0) is 17.8 Å². The molecule has 0 radical (unpaired) electrons. The van der Waals surface area contributed by atoms with Crippen molar-refractivity contribution in [2.75, 3.05) is 13.6 Å². The van der Waals surface area contributed by atoms with Gasteiger partial charge in [0, 0.05) is 13.6 Å². The second-order valence-electron chi connectivity index (χ2n) is 4.65. The number of carboxylic acid groups (broad SMARTS) is 1. The number of imidazole rings is 1. The normalized spacial score (nSPS) is 10.4.